The summed E-state index contributed by atoms with van der Waals surface area (Å²) in [7, 11) is 0. The molecule has 2 aliphatic rings. The van der Waals surface area contributed by atoms with Gasteiger partial charge in [-0.25, -0.2) is 9.78 Å². The fraction of sp³-hybridized carbons (Fsp3) is 0.483. The normalized spacial score (nSPS) is 18.5. The van der Waals surface area contributed by atoms with Crippen molar-refractivity contribution in [3.8, 4) is 11.4 Å². The molecule has 0 radical (unpaired) electrons. The number of fused-ring (bicyclic) bond motifs is 5. The number of carbonyl (C=O) groups excluding carboxylic acids is 1. The maximum Gasteiger partial charge on any atom is 0.343 e. The topological polar surface area (TPSA) is 93.5 Å². The van der Waals surface area contributed by atoms with Gasteiger partial charge in [0, 0.05) is 22.6 Å². The lowest BCUT2D eigenvalue weighted by Crippen LogP contribution is -2.44. The number of hydrogen-bond acceptors (Lipinski definition) is 6. The smallest absolute Gasteiger partial charge is 0.343 e. The Labute approximate surface area is 211 Å². The highest BCUT2D eigenvalue weighted by molar-refractivity contribution is 5.89. The lowest BCUT2D eigenvalue weighted by molar-refractivity contribution is -0.172. The van der Waals surface area contributed by atoms with E-state index in [1.165, 1.54) is 11.1 Å². The summed E-state index contributed by atoms with van der Waals surface area (Å²) in [5, 5.41) is 15.8. The number of esters is 1. The van der Waals surface area contributed by atoms with Crippen molar-refractivity contribution in [2.45, 2.75) is 78.7 Å². The fourth-order valence-corrected chi connectivity index (χ4v) is 5.58. The first kappa shape index (κ1) is 24.7. The first-order chi connectivity index (χ1) is 17.1. The number of nitrogens with zero attached hydrogens (tertiary/aromatic N) is 2. The van der Waals surface area contributed by atoms with Gasteiger partial charge in [-0.2, -0.15) is 0 Å². The predicted molar refractivity (Wildman–Crippen MR) is 140 cm³/mol. The van der Waals surface area contributed by atoms with Crippen LogP contribution in [0.4, 0.5) is 0 Å². The lowest BCUT2D eigenvalue weighted by atomic mass is 9.86. The van der Waals surface area contributed by atoms with Crippen LogP contribution in [-0.2, 0) is 41.1 Å². The van der Waals surface area contributed by atoms with E-state index < -0.39 is 11.6 Å². The van der Waals surface area contributed by atoms with Gasteiger partial charge < -0.3 is 19.7 Å². The average Bonchev–Trinajstić information content (AvgIpc) is 3.20. The van der Waals surface area contributed by atoms with Crippen molar-refractivity contribution in [3.05, 3.63) is 62.4 Å². The number of benzene rings is 1. The first-order valence-electron chi connectivity index (χ1n) is 13.0. The van der Waals surface area contributed by atoms with Crippen LogP contribution in [0.1, 0.15) is 68.9 Å². The minimum atomic E-state index is -1.82. The molecule has 0 spiro atoms. The van der Waals surface area contributed by atoms with Crippen molar-refractivity contribution < 1.29 is 14.6 Å². The van der Waals surface area contributed by atoms with Gasteiger partial charge in [0.1, 0.15) is 6.61 Å². The second-order valence-electron chi connectivity index (χ2n) is 10.8. The van der Waals surface area contributed by atoms with Gasteiger partial charge >= 0.3 is 5.97 Å². The number of ether oxygens (including phenoxy) is 1. The Morgan fingerprint density at radius 3 is 2.64 bits per heavy atom. The summed E-state index contributed by atoms with van der Waals surface area (Å²) in [6.45, 7) is 11.5. The van der Waals surface area contributed by atoms with Crippen LogP contribution in [0.2, 0.25) is 0 Å². The zero-order chi connectivity index (χ0) is 25.8. The SMILES string of the molecule is CCC1(O)C(=O)OCc2c1cc1n(c2=O)Cc2c-1nc1ccc(CC(C)C)cc1c2CCNC(C)C. The molecule has 2 aromatic heterocycles. The molecule has 2 aliphatic heterocycles. The molecule has 0 amide bonds. The molecule has 4 heterocycles. The molecule has 0 saturated heterocycles. The summed E-state index contributed by atoms with van der Waals surface area (Å²) in [5.41, 5.74) is 4.48. The molecule has 7 nitrogen and oxygen atoms in total. The highest BCUT2D eigenvalue weighted by Crippen LogP contribution is 2.40. The van der Waals surface area contributed by atoms with Crippen LogP contribution >= 0.6 is 0 Å². The van der Waals surface area contributed by atoms with Gasteiger partial charge in [-0.3, -0.25) is 4.79 Å². The van der Waals surface area contributed by atoms with Crippen molar-refractivity contribution >= 4 is 16.9 Å². The molecule has 1 aromatic carbocycles. The Hall–Kier alpha value is -3.03. The lowest BCUT2D eigenvalue weighted by Gasteiger charge is -2.31. The van der Waals surface area contributed by atoms with Gasteiger partial charge in [0.2, 0.25) is 0 Å². The molecule has 3 aromatic rings. The second-order valence-corrected chi connectivity index (χ2v) is 10.8. The molecule has 0 aliphatic carbocycles. The van der Waals surface area contributed by atoms with Crippen LogP contribution in [0.3, 0.4) is 0 Å². The zero-order valence-corrected chi connectivity index (χ0v) is 21.8. The molecule has 7 heteroatoms. The van der Waals surface area contributed by atoms with E-state index in [1.807, 2.05) is 0 Å². The Morgan fingerprint density at radius 1 is 1.17 bits per heavy atom. The van der Waals surface area contributed by atoms with Crippen LogP contribution in [0, 0.1) is 5.92 Å². The largest absolute Gasteiger partial charge is 0.458 e. The average molecular weight is 490 g/mol. The van der Waals surface area contributed by atoms with E-state index in [9.17, 15) is 14.7 Å². The Kier molecular flexibility index (Phi) is 6.25. The van der Waals surface area contributed by atoms with Crippen molar-refractivity contribution in [2.24, 2.45) is 5.92 Å². The summed E-state index contributed by atoms with van der Waals surface area (Å²) in [6.07, 6.45) is 1.94. The number of rotatable bonds is 7. The van der Waals surface area contributed by atoms with Gasteiger partial charge in [-0.05, 0) is 61.1 Å². The third-order valence-corrected chi connectivity index (χ3v) is 7.44. The van der Waals surface area contributed by atoms with E-state index >= 15 is 0 Å². The molecule has 0 saturated carbocycles. The van der Waals surface area contributed by atoms with Crippen LogP contribution < -0.4 is 10.9 Å². The Balaban J connectivity index is 1.71. The highest BCUT2D eigenvalue weighted by atomic mass is 16.6. The van der Waals surface area contributed by atoms with E-state index in [2.05, 4.69) is 51.2 Å². The van der Waals surface area contributed by atoms with Gasteiger partial charge in [0.15, 0.2) is 5.60 Å². The first-order valence-corrected chi connectivity index (χ1v) is 13.0. The summed E-state index contributed by atoms with van der Waals surface area (Å²) >= 11 is 0. The van der Waals surface area contributed by atoms with Gasteiger partial charge in [-0.15, -0.1) is 0 Å². The monoisotopic (exact) mass is 489 g/mol. The van der Waals surface area contributed by atoms with Crippen LogP contribution in [0.15, 0.2) is 29.1 Å². The van der Waals surface area contributed by atoms with E-state index in [1.54, 1.807) is 17.6 Å². The number of aliphatic hydroxyl groups is 1. The van der Waals surface area contributed by atoms with Crippen molar-refractivity contribution in [3.63, 3.8) is 0 Å². The van der Waals surface area contributed by atoms with E-state index in [-0.39, 0.29) is 18.6 Å². The molecule has 5 rings (SSSR count). The molecule has 0 fully saturated rings. The molecule has 1 atom stereocenters. The molecule has 36 heavy (non-hydrogen) atoms. The van der Waals surface area contributed by atoms with Gasteiger partial charge in [0.05, 0.1) is 29.0 Å². The van der Waals surface area contributed by atoms with Crippen LogP contribution in [0.5, 0.6) is 0 Å². The minimum Gasteiger partial charge on any atom is -0.458 e. The zero-order valence-electron chi connectivity index (χ0n) is 21.8. The molecule has 190 valence electrons. The minimum absolute atomic E-state index is 0.120. The van der Waals surface area contributed by atoms with Crippen LogP contribution in [0.25, 0.3) is 22.3 Å². The van der Waals surface area contributed by atoms with E-state index in [4.69, 9.17) is 9.72 Å². The van der Waals surface area contributed by atoms with Crippen molar-refractivity contribution in [1.82, 2.24) is 14.9 Å². The number of hydrogen-bond donors (Lipinski definition) is 2. The standard InChI is InChI=1S/C29H35N3O4/c1-6-29(35)23-13-25-26-21(14-32(25)27(33)22(23)15-36-28(29)34)19(9-10-30-17(4)5)20-12-18(11-16(2)3)7-8-24(20)31-26/h7-8,12-13,16-17,30,35H,6,9-11,14-15H2,1-5H3. The maximum absolute atomic E-state index is 13.6. The van der Waals surface area contributed by atoms with Gasteiger partial charge in [0.25, 0.3) is 5.56 Å². The number of carbonyl (C=O) groups is 1. The maximum atomic E-state index is 13.6. The van der Waals surface area contributed by atoms with Crippen molar-refractivity contribution in [2.75, 3.05) is 6.54 Å². The quantitative estimate of drug-likeness (QED) is 0.384. The second kappa shape index (κ2) is 9.12. The Morgan fingerprint density at radius 2 is 1.94 bits per heavy atom. The number of cyclic esters (lactones) is 1. The summed E-state index contributed by atoms with van der Waals surface area (Å²) in [5.74, 6) is -0.156. The van der Waals surface area contributed by atoms with Gasteiger partial charge in [-0.1, -0.05) is 40.7 Å². The predicted octanol–water partition coefficient (Wildman–Crippen LogP) is 3.82. The number of pyridine rings is 2. The molecular formula is C29H35N3O4. The molecule has 0 bridgehead atoms. The number of aromatic nitrogens is 2. The molecule has 1 unspecified atom stereocenters. The molecule has 2 N–H and O–H groups in total. The summed E-state index contributed by atoms with van der Waals surface area (Å²) in [6, 6.07) is 8.63. The van der Waals surface area contributed by atoms with Crippen LogP contribution in [-0.4, -0.2) is 33.2 Å². The van der Waals surface area contributed by atoms with E-state index in [0.29, 0.717) is 35.3 Å². The van der Waals surface area contributed by atoms with E-state index in [0.717, 1.165) is 41.5 Å². The summed E-state index contributed by atoms with van der Waals surface area (Å²) < 4.78 is 6.93. The Bertz CT molecular complexity index is 1420. The third-order valence-electron chi connectivity index (χ3n) is 7.44. The summed E-state index contributed by atoms with van der Waals surface area (Å²) in [4.78, 5) is 31.1. The third kappa shape index (κ3) is 3.95. The highest BCUT2D eigenvalue weighted by Gasteiger charge is 2.45. The number of nitrogens with one attached hydrogen (secondary N) is 1. The molecular weight excluding hydrogens is 454 g/mol. The van der Waals surface area contributed by atoms with Crippen molar-refractivity contribution in [1.29, 1.82) is 0 Å². The fourth-order valence-electron chi connectivity index (χ4n) is 5.58.